The van der Waals surface area contributed by atoms with Crippen molar-refractivity contribution in [2.75, 3.05) is 6.54 Å². The molecule has 0 aliphatic heterocycles. The van der Waals surface area contributed by atoms with Crippen LogP contribution in [0.4, 0.5) is 0 Å². The summed E-state index contributed by atoms with van der Waals surface area (Å²) in [5.41, 5.74) is 3.08. The molecule has 0 spiro atoms. The number of hydrogen-bond acceptors (Lipinski definition) is 3. The summed E-state index contributed by atoms with van der Waals surface area (Å²) in [6.45, 7) is 3.20. The van der Waals surface area contributed by atoms with Crippen molar-refractivity contribution < 1.29 is 9.53 Å². The number of ketones is 1. The highest BCUT2D eigenvalue weighted by molar-refractivity contribution is 5.99. The summed E-state index contributed by atoms with van der Waals surface area (Å²) in [6, 6.07) is 27.5. The number of rotatable bonds is 9. The van der Waals surface area contributed by atoms with Gasteiger partial charge < -0.3 is 10.1 Å². The molecule has 146 valence electrons. The summed E-state index contributed by atoms with van der Waals surface area (Å²) in [6.07, 6.45) is 0.907. The number of hydrogen-bond donors (Lipinski definition) is 1. The fourth-order valence-corrected chi connectivity index (χ4v) is 2.88. The van der Waals surface area contributed by atoms with Crippen molar-refractivity contribution in [3.05, 3.63) is 102 Å². The van der Waals surface area contributed by atoms with Crippen LogP contribution < -0.4 is 10.1 Å². The Bertz CT molecular complexity index is 835. The third-order valence-corrected chi connectivity index (χ3v) is 4.49. The van der Waals surface area contributed by atoms with E-state index in [9.17, 15) is 4.79 Å². The van der Waals surface area contributed by atoms with E-state index in [1.54, 1.807) is 0 Å². The Morgan fingerprint density at radius 1 is 0.857 bits per heavy atom. The van der Waals surface area contributed by atoms with E-state index in [2.05, 4.69) is 17.4 Å². The summed E-state index contributed by atoms with van der Waals surface area (Å²) >= 11 is 0. The highest BCUT2D eigenvalue weighted by atomic mass is 35.5. The van der Waals surface area contributed by atoms with Gasteiger partial charge in [-0.2, -0.15) is 0 Å². The zero-order chi connectivity index (χ0) is 18.9. The Hall–Kier alpha value is -2.62. The molecule has 0 heterocycles. The first-order valence-electron chi connectivity index (χ1n) is 9.31. The summed E-state index contributed by atoms with van der Waals surface area (Å²) in [7, 11) is 0. The lowest BCUT2D eigenvalue weighted by Gasteiger charge is -2.13. The number of carbonyl (C=O) groups excluding carboxylic acids is 1. The van der Waals surface area contributed by atoms with Gasteiger partial charge in [-0.3, -0.25) is 4.79 Å². The lowest BCUT2D eigenvalue weighted by atomic mass is 10.0. The summed E-state index contributed by atoms with van der Waals surface area (Å²) < 4.78 is 5.77. The Kier molecular flexibility index (Phi) is 8.73. The largest absolute Gasteiger partial charge is 0.489 e. The highest BCUT2D eigenvalue weighted by Gasteiger charge is 2.14. The Labute approximate surface area is 173 Å². The van der Waals surface area contributed by atoms with Crippen molar-refractivity contribution in [2.24, 2.45) is 0 Å². The van der Waals surface area contributed by atoms with Gasteiger partial charge in [-0.05, 0) is 55.3 Å². The third-order valence-electron chi connectivity index (χ3n) is 4.49. The first kappa shape index (κ1) is 21.7. The van der Waals surface area contributed by atoms with E-state index in [1.807, 2.05) is 79.7 Å². The van der Waals surface area contributed by atoms with Crippen molar-refractivity contribution in [3.63, 3.8) is 0 Å². The molecule has 1 atom stereocenters. The predicted molar refractivity (Wildman–Crippen MR) is 116 cm³/mol. The molecule has 0 radical (unpaired) electrons. The quantitative estimate of drug-likeness (QED) is 0.513. The number of Topliss-reactive ketones (excluding diaryl/α,β-unsaturated/α-hetero) is 1. The Morgan fingerprint density at radius 3 is 2.04 bits per heavy atom. The number of halogens is 1. The van der Waals surface area contributed by atoms with Crippen LogP contribution in [0, 0.1) is 0 Å². The molecule has 0 saturated heterocycles. The first-order valence-corrected chi connectivity index (χ1v) is 9.31. The second-order valence-electron chi connectivity index (χ2n) is 6.57. The fourth-order valence-electron chi connectivity index (χ4n) is 2.88. The molecule has 0 unspecified atom stereocenters. The van der Waals surface area contributed by atoms with Crippen LogP contribution in [0.3, 0.4) is 0 Å². The van der Waals surface area contributed by atoms with E-state index < -0.39 is 0 Å². The highest BCUT2D eigenvalue weighted by Crippen LogP contribution is 2.15. The summed E-state index contributed by atoms with van der Waals surface area (Å²) in [4.78, 5) is 12.6. The van der Waals surface area contributed by atoms with Gasteiger partial charge in [-0.1, -0.05) is 60.7 Å². The van der Waals surface area contributed by atoms with Gasteiger partial charge in [0.05, 0.1) is 6.04 Å². The molecule has 0 fully saturated rings. The van der Waals surface area contributed by atoms with Gasteiger partial charge in [0.1, 0.15) is 12.4 Å². The van der Waals surface area contributed by atoms with Crippen LogP contribution in [0.25, 0.3) is 0 Å². The fraction of sp³-hybridized carbons (Fsp3) is 0.208. The van der Waals surface area contributed by atoms with Crippen molar-refractivity contribution >= 4 is 18.2 Å². The van der Waals surface area contributed by atoms with Gasteiger partial charge in [-0.15, -0.1) is 12.4 Å². The molecule has 1 N–H and O–H groups in total. The minimum absolute atomic E-state index is 0. The zero-order valence-electron chi connectivity index (χ0n) is 16.0. The molecule has 28 heavy (non-hydrogen) atoms. The van der Waals surface area contributed by atoms with Crippen molar-refractivity contribution in [1.29, 1.82) is 0 Å². The van der Waals surface area contributed by atoms with Crippen LogP contribution in [0.5, 0.6) is 5.75 Å². The van der Waals surface area contributed by atoms with Crippen LogP contribution in [0.15, 0.2) is 84.9 Å². The summed E-state index contributed by atoms with van der Waals surface area (Å²) in [5.74, 6) is 0.859. The van der Waals surface area contributed by atoms with Crippen LogP contribution in [0.2, 0.25) is 0 Å². The molecule has 0 aliphatic rings. The standard InChI is InChI=1S/C24H25NO2.ClH/c1-19(25-17-16-20-8-4-2-5-9-20)24(26)22-12-14-23(15-13-22)27-18-21-10-6-3-7-11-21;/h2-15,19,25H,16-18H2,1H3;1H/t19-;/m1./s1. The minimum atomic E-state index is -0.218. The summed E-state index contributed by atoms with van der Waals surface area (Å²) in [5, 5.41) is 3.31. The van der Waals surface area contributed by atoms with Crippen LogP contribution >= 0.6 is 12.4 Å². The van der Waals surface area contributed by atoms with Gasteiger partial charge in [-0.25, -0.2) is 0 Å². The Balaban J connectivity index is 0.00000280. The van der Waals surface area contributed by atoms with E-state index in [4.69, 9.17) is 4.74 Å². The molecule has 3 nitrogen and oxygen atoms in total. The smallest absolute Gasteiger partial charge is 0.179 e. The van der Waals surface area contributed by atoms with Gasteiger partial charge in [0.15, 0.2) is 5.78 Å². The van der Waals surface area contributed by atoms with Crippen molar-refractivity contribution in [2.45, 2.75) is 26.0 Å². The molecule has 0 amide bonds. The Morgan fingerprint density at radius 2 is 1.43 bits per heavy atom. The van der Waals surface area contributed by atoms with Gasteiger partial charge in [0.25, 0.3) is 0 Å². The van der Waals surface area contributed by atoms with E-state index in [1.165, 1.54) is 5.56 Å². The van der Waals surface area contributed by atoms with Crippen LogP contribution in [0.1, 0.15) is 28.4 Å². The number of benzene rings is 3. The zero-order valence-corrected chi connectivity index (χ0v) is 16.8. The molecule has 0 aromatic heterocycles. The molecular weight excluding hydrogens is 370 g/mol. The average Bonchev–Trinajstić information content (AvgIpc) is 2.73. The molecule has 0 bridgehead atoms. The SMILES string of the molecule is C[C@@H](NCCc1ccccc1)C(=O)c1ccc(OCc2ccccc2)cc1.Cl. The van der Waals surface area contributed by atoms with Crippen LogP contribution in [-0.4, -0.2) is 18.4 Å². The minimum Gasteiger partial charge on any atom is -0.489 e. The van der Waals surface area contributed by atoms with E-state index in [-0.39, 0.29) is 24.2 Å². The van der Waals surface area contributed by atoms with E-state index >= 15 is 0 Å². The van der Waals surface area contributed by atoms with Crippen molar-refractivity contribution in [3.8, 4) is 5.75 Å². The number of ether oxygens (including phenoxy) is 1. The van der Waals surface area contributed by atoms with Gasteiger partial charge in [0, 0.05) is 5.56 Å². The van der Waals surface area contributed by atoms with Crippen LogP contribution in [-0.2, 0) is 13.0 Å². The maximum Gasteiger partial charge on any atom is 0.179 e. The number of nitrogens with one attached hydrogen (secondary N) is 1. The molecule has 0 saturated carbocycles. The first-order chi connectivity index (χ1) is 13.2. The molecule has 0 aliphatic carbocycles. The maximum atomic E-state index is 12.6. The monoisotopic (exact) mass is 395 g/mol. The van der Waals surface area contributed by atoms with E-state index in [0.717, 1.165) is 24.3 Å². The molecular formula is C24H26ClNO2. The normalized spacial score (nSPS) is 11.3. The third kappa shape index (κ3) is 6.52. The van der Waals surface area contributed by atoms with Gasteiger partial charge in [0.2, 0.25) is 0 Å². The molecule has 3 rings (SSSR count). The van der Waals surface area contributed by atoms with Crippen molar-refractivity contribution in [1.82, 2.24) is 5.32 Å². The average molecular weight is 396 g/mol. The number of carbonyl (C=O) groups is 1. The second kappa shape index (κ2) is 11.3. The maximum absolute atomic E-state index is 12.6. The molecule has 3 aromatic rings. The molecule has 4 heteroatoms. The lowest BCUT2D eigenvalue weighted by molar-refractivity contribution is 0.0951. The molecule has 3 aromatic carbocycles. The lowest BCUT2D eigenvalue weighted by Crippen LogP contribution is -2.35. The van der Waals surface area contributed by atoms with Gasteiger partial charge >= 0.3 is 0 Å². The topological polar surface area (TPSA) is 38.3 Å². The van der Waals surface area contributed by atoms with E-state index in [0.29, 0.717) is 12.2 Å². The second-order valence-corrected chi connectivity index (χ2v) is 6.57. The predicted octanol–water partition coefficient (Wildman–Crippen LogP) is 5.09.